The number of aliphatic hydroxyl groups is 2. The Kier molecular flexibility index (Phi) is 6.30. The fourth-order valence-electron chi connectivity index (χ4n) is 4.38. The van der Waals surface area contributed by atoms with Crippen LogP contribution in [0, 0.1) is 0 Å². The lowest BCUT2D eigenvalue weighted by atomic mass is 10.1. The van der Waals surface area contributed by atoms with Crippen LogP contribution in [0.5, 0.6) is 0 Å². The second-order valence-electron chi connectivity index (χ2n) is 8.55. The molecule has 34 heavy (non-hydrogen) atoms. The van der Waals surface area contributed by atoms with Crippen LogP contribution in [0.25, 0.3) is 22.2 Å². The molecule has 0 spiro atoms. The summed E-state index contributed by atoms with van der Waals surface area (Å²) in [4.78, 5) is 9.09. The van der Waals surface area contributed by atoms with Crippen molar-refractivity contribution in [1.82, 2.24) is 19.9 Å². The highest BCUT2D eigenvalue weighted by molar-refractivity contribution is 6.02. The molecule has 1 aliphatic rings. The van der Waals surface area contributed by atoms with Crippen molar-refractivity contribution >= 4 is 22.5 Å². The number of hydrogen-bond donors (Lipinski definition) is 4. The van der Waals surface area contributed by atoms with Crippen molar-refractivity contribution < 1.29 is 14.9 Å². The van der Waals surface area contributed by atoms with Crippen molar-refractivity contribution in [3.05, 3.63) is 72.7 Å². The minimum atomic E-state index is -1.06. The quantitative estimate of drug-likeness (QED) is 0.335. The van der Waals surface area contributed by atoms with E-state index < -0.39 is 24.5 Å². The molecule has 0 unspecified atom stereocenters. The zero-order chi connectivity index (χ0) is 23.7. The topological polar surface area (TPSA) is 104 Å². The van der Waals surface area contributed by atoms with E-state index in [2.05, 4.69) is 39.7 Å². The fourth-order valence-corrected chi connectivity index (χ4v) is 4.38. The number of nitrogens with one attached hydrogen (secondary N) is 2. The van der Waals surface area contributed by atoms with Gasteiger partial charge in [-0.15, -0.1) is 0 Å². The molecule has 8 nitrogen and oxygen atoms in total. The zero-order valence-corrected chi connectivity index (χ0v) is 19.2. The average molecular weight is 460 g/mol. The van der Waals surface area contributed by atoms with E-state index in [9.17, 15) is 10.2 Å². The zero-order valence-electron chi connectivity index (χ0n) is 19.2. The van der Waals surface area contributed by atoms with E-state index in [-0.39, 0.29) is 0 Å². The first-order valence-electron chi connectivity index (χ1n) is 11.6. The Bertz CT molecular complexity index is 1260. The third-order valence-electron chi connectivity index (χ3n) is 6.24. The molecule has 0 saturated carbocycles. The Labute approximate surface area is 198 Å². The summed E-state index contributed by atoms with van der Waals surface area (Å²) in [6, 6.07) is 18.2. The first-order chi connectivity index (χ1) is 16.6. The van der Waals surface area contributed by atoms with Gasteiger partial charge in [0.25, 0.3) is 0 Å². The Hall–Kier alpha value is -3.30. The predicted octanol–water partition coefficient (Wildman–Crippen LogP) is 3.59. The average Bonchev–Trinajstić information content (AvgIpc) is 3.38. The lowest BCUT2D eigenvalue weighted by molar-refractivity contribution is -0.0295. The Morgan fingerprint density at radius 1 is 1.00 bits per heavy atom. The summed E-state index contributed by atoms with van der Waals surface area (Å²) < 4.78 is 7.70. The van der Waals surface area contributed by atoms with Crippen LogP contribution >= 0.6 is 0 Å². The van der Waals surface area contributed by atoms with Crippen molar-refractivity contribution in [3.63, 3.8) is 0 Å². The standard InChI is InChI=1S/C26H29N5O3/c1-3-27-13-17-9-11-19(12-10-17)30-24-21-20(18-7-5-4-6-8-18)14-31(25(21)29-15-28-24)26-23(33)22(32)16(2)34-26/h4-12,14-16,22-23,26-27,32-33H,3,13H2,1-2H3,(H,28,29,30)/t16-,22-,23-,26-/m1/s1. The molecule has 8 heteroatoms. The summed E-state index contributed by atoms with van der Waals surface area (Å²) in [5, 5.41) is 28.5. The van der Waals surface area contributed by atoms with Crippen molar-refractivity contribution in [2.45, 2.75) is 44.9 Å². The summed E-state index contributed by atoms with van der Waals surface area (Å²) in [7, 11) is 0. The molecular weight excluding hydrogens is 430 g/mol. The van der Waals surface area contributed by atoms with Gasteiger partial charge in [-0.25, -0.2) is 9.97 Å². The van der Waals surface area contributed by atoms with Gasteiger partial charge in [0.05, 0.1) is 11.5 Å². The molecular formula is C26H29N5O3. The van der Waals surface area contributed by atoms with Gasteiger partial charge >= 0.3 is 0 Å². The highest BCUT2D eigenvalue weighted by atomic mass is 16.6. The van der Waals surface area contributed by atoms with Gasteiger partial charge in [0, 0.05) is 24.0 Å². The van der Waals surface area contributed by atoms with E-state index in [1.165, 1.54) is 11.9 Å². The number of hydrogen-bond acceptors (Lipinski definition) is 7. The third-order valence-corrected chi connectivity index (χ3v) is 6.24. The molecule has 0 radical (unpaired) electrons. The third kappa shape index (κ3) is 4.17. The van der Waals surface area contributed by atoms with Crippen molar-refractivity contribution in [2.24, 2.45) is 0 Å². The molecule has 0 amide bonds. The summed E-state index contributed by atoms with van der Waals surface area (Å²) in [6.07, 6.45) is 0.137. The minimum absolute atomic E-state index is 0.488. The molecule has 2 aromatic heterocycles. The van der Waals surface area contributed by atoms with Gasteiger partial charge in [-0.3, -0.25) is 0 Å². The van der Waals surface area contributed by atoms with Gasteiger partial charge in [0.15, 0.2) is 6.23 Å². The Balaban J connectivity index is 1.59. The van der Waals surface area contributed by atoms with Gasteiger partial charge in [-0.2, -0.15) is 0 Å². The van der Waals surface area contributed by atoms with Crippen LogP contribution in [0.1, 0.15) is 25.6 Å². The lowest BCUT2D eigenvalue weighted by Gasteiger charge is -2.17. The summed E-state index contributed by atoms with van der Waals surface area (Å²) in [6.45, 7) is 5.58. The van der Waals surface area contributed by atoms with Crippen LogP contribution in [-0.2, 0) is 11.3 Å². The molecule has 3 heterocycles. The van der Waals surface area contributed by atoms with Gasteiger partial charge in [0.2, 0.25) is 0 Å². The molecule has 4 aromatic rings. The van der Waals surface area contributed by atoms with E-state index in [0.717, 1.165) is 35.3 Å². The van der Waals surface area contributed by atoms with E-state index in [1.54, 1.807) is 11.5 Å². The van der Waals surface area contributed by atoms with Crippen LogP contribution in [0.4, 0.5) is 11.5 Å². The first-order valence-corrected chi connectivity index (χ1v) is 11.6. The van der Waals surface area contributed by atoms with E-state index in [4.69, 9.17) is 4.74 Å². The maximum absolute atomic E-state index is 10.7. The summed E-state index contributed by atoms with van der Waals surface area (Å²) in [5.74, 6) is 0.656. The number of aliphatic hydroxyl groups excluding tert-OH is 2. The highest BCUT2D eigenvalue weighted by Gasteiger charge is 2.42. The molecule has 4 atom stereocenters. The normalized spacial score (nSPS) is 22.4. The summed E-state index contributed by atoms with van der Waals surface area (Å²) >= 11 is 0. The smallest absolute Gasteiger partial charge is 0.164 e. The molecule has 1 saturated heterocycles. The van der Waals surface area contributed by atoms with Crippen LogP contribution in [0.3, 0.4) is 0 Å². The van der Waals surface area contributed by atoms with E-state index in [1.807, 2.05) is 48.7 Å². The van der Waals surface area contributed by atoms with Gasteiger partial charge in [-0.05, 0) is 36.7 Å². The highest BCUT2D eigenvalue weighted by Crippen LogP contribution is 2.39. The lowest BCUT2D eigenvalue weighted by Crippen LogP contribution is -2.30. The molecule has 176 valence electrons. The maximum Gasteiger partial charge on any atom is 0.164 e. The number of benzene rings is 2. The first kappa shape index (κ1) is 22.5. The molecule has 5 rings (SSSR count). The Morgan fingerprint density at radius 3 is 2.44 bits per heavy atom. The van der Waals surface area contributed by atoms with Crippen molar-refractivity contribution in [1.29, 1.82) is 0 Å². The number of ether oxygens (including phenoxy) is 1. The fraction of sp³-hybridized carbons (Fsp3) is 0.308. The molecule has 0 bridgehead atoms. The minimum Gasteiger partial charge on any atom is -0.388 e. The van der Waals surface area contributed by atoms with Crippen LogP contribution in [0.2, 0.25) is 0 Å². The van der Waals surface area contributed by atoms with E-state index >= 15 is 0 Å². The number of anilines is 2. The van der Waals surface area contributed by atoms with Crippen LogP contribution in [0.15, 0.2) is 67.1 Å². The van der Waals surface area contributed by atoms with Crippen molar-refractivity contribution in [2.75, 3.05) is 11.9 Å². The van der Waals surface area contributed by atoms with Gasteiger partial charge in [-0.1, -0.05) is 49.4 Å². The maximum atomic E-state index is 10.7. The molecule has 1 fully saturated rings. The molecule has 4 N–H and O–H groups in total. The Morgan fingerprint density at radius 2 is 1.76 bits per heavy atom. The predicted molar refractivity (Wildman–Crippen MR) is 132 cm³/mol. The van der Waals surface area contributed by atoms with Crippen LogP contribution in [-0.4, -0.2) is 49.6 Å². The van der Waals surface area contributed by atoms with Crippen molar-refractivity contribution in [3.8, 4) is 11.1 Å². The van der Waals surface area contributed by atoms with Gasteiger partial charge < -0.3 is 30.2 Å². The largest absolute Gasteiger partial charge is 0.388 e. The van der Waals surface area contributed by atoms with E-state index in [0.29, 0.717) is 11.5 Å². The summed E-state index contributed by atoms with van der Waals surface area (Å²) in [5.41, 5.74) is 4.63. The van der Waals surface area contributed by atoms with Crippen LogP contribution < -0.4 is 10.6 Å². The number of fused-ring (bicyclic) bond motifs is 1. The number of rotatable bonds is 7. The second-order valence-corrected chi connectivity index (χ2v) is 8.55. The second kappa shape index (κ2) is 9.52. The molecule has 0 aliphatic carbocycles. The molecule has 1 aliphatic heterocycles. The monoisotopic (exact) mass is 459 g/mol. The molecule has 2 aromatic carbocycles. The SMILES string of the molecule is CCNCc1ccc(Nc2ncnc3c2c(-c2ccccc2)cn3[C@@H]2O[C@H](C)[C@@H](O)[C@H]2O)cc1. The number of aromatic nitrogens is 3. The van der Waals surface area contributed by atoms with Gasteiger partial charge in [0.1, 0.15) is 30.0 Å². The number of nitrogens with zero attached hydrogens (tertiary/aromatic N) is 3.